The van der Waals surface area contributed by atoms with Crippen molar-refractivity contribution in [2.45, 2.75) is 6.18 Å². The van der Waals surface area contributed by atoms with Crippen LogP contribution in [-0.2, 0) is 6.18 Å². The Balaban J connectivity index is 2.56. The van der Waals surface area contributed by atoms with Gasteiger partial charge in [0.2, 0.25) is 0 Å². The van der Waals surface area contributed by atoms with Gasteiger partial charge in [-0.3, -0.25) is 4.79 Å². The fraction of sp³-hybridized carbons (Fsp3) is 0.0909. The largest absolute Gasteiger partial charge is 0.416 e. The number of aromatic nitrogens is 2. The summed E-state index contributed by atoms with van der Waals surface area (Å²) in [5.74, 6) is 0. The molecular formula is C11H6BrF3N2O. The van der Waals surface area contributed by atoms with Crippen molar-refractivity contribution in [1.29, 1.82) is 0 Å². The number of hydrogen-bond acceptors (Lipinski definition) is 2. The minimum atomic E-state index is -4.42. The van der Waals surface area contributed by atoms with E-state index in [4.69, 9.17) is 0 Å². The quantitative estimate of drug-likeness (QED) is 0.877. The summed E-state index contributed by atoms with van der Waals surface area (Å²) in [7, 11) is 0. The van der Waals surface area contributed by atoms with Gasteiger partial charge in [-0.05, 0) is 24.3 Å². The van der Waals surface area contributed by atoms with Gasteiger partial charge < -0.3 is 0 Å². The maximum Gasteiger partial charge on any atom is 0.416 e. The maximum absolute atomic E-state index is 12.6. The Hall–Kier alpha value is -1.63. The Morgan fingerprint density at radius 2 is 1.89 bits per heavy atom. The molecule has 0 fully saturated rings. The van der Waals surface area contributed by atoms with Crippen LogP contribution in [0.2, 0.25) is 0 Å². The minimum Gasteiger partial charge on any atom is -0.268 e. The molecule has 2 rings (SSSR count). The average Bonchev–Trinajstić information content (AvgIpc) is 2.29. The van der Waals surface area contributed by atoms with Gasteiger partial charge in [0, 0.05) is 16.1 Å². The first-order chi connectivity index (χ1) is 8.38. The lowest BCUT2D eigenvalue weighted by Gasteiger charge is -2.09. The average molecular weight is 319 g/mol. The van der Waals surface area contributed by atoms with Gasteiger partial charge in [0.05, 0.1) is 11.3 Å². The van der Waals surface area contributed by atoms with Crippen LogP contribution in [0.15, 0.2) is 39.6 Å². The third-order valence-electron chi connectivity index (χ3n) is 2.25. The highest BCUT2D eigenvalue weighted by atomic mass is 79.9. The van der Waals surface area contributed by atoms with Crippen LogP contribution in [0.1, 0.15) is 5.56 Å². The number of halogens is 4. The standard InChI is InChI=1S/C11H6BrF3N2O/c12-8-2-1-6(11(13,14)15)5-7(8)9-3-4-10(18)17-16-9/h1-5H,(H,17,18). The molecule has 0 saturated carbocycles. The molecule has 0 unspecified atom stereocenters. The maximum atomic E-state index is 12.6. The summed E-state index contributed by atoms with van der Waals surface area (Å²) in [5.41, 5.74) is -0.663. The van der Waals surface area contributed by atoms with Crippen molar-refractivity contribution in [2.75, 3.05) is 0 Å². The summed E-state index contributed by atoms with van der Waals surface area (Å²) in [6, 6.07) is 5.81. The fourth-order valence-electron chi connectivity index (χ4n) is 1.39. The second-order valence-corrected chi connectivity index (χ2v) is 4.35. The van der Waals surface area contributed by atoms with E-state index in [9.17, 15) is 18.0 Å². The molecule has 0 aliphatic rings. The van der Waals surface area contributed by atoms with Crippen LogP contribution >= 0.6 is 15.9 Å². The molecule has 0 amide bonds. The summed E-state index contributed by atoms with van der Waals surface area (Å²) in [4.78, 5) is 10.9. The van der Waals surface area contributed by atoms with E-state index >= 15 is 0 Å². The van der Waals surface area contributed by atoms with E-state index in [1.807, 2.05) is 0 Å². The fourth-order valence-corrected chi connectivity index (χ4v) is 1.84. The molecule has 18 heavy (non-hydrogen) atoms. The molecule has 7 heteroatoms. The number of nitrogens with zero attached hydrogens (tertiary/aromatic N) is 1. The molecule has 0 bridgehead atoms. The highest BCUT2D eigenvalue weighted by Gasteiger charge is 2.31. The van der Waals surface area contributed by atoms with E-state index in [1.165, 1.54) is 18.2 Å². The van der Waals surface area contributed by atoms with E-state index in [-0.39, 0.29) is 11.3 Å². The first kappa shape index (κ1) is 12.8. The summed E-state index contributed by atoms with van der Waals surface area (Å²) in [6.07, 6.45) is -4.42. The Morgan fingerprint density at radius 3 is 2.44 bits per heavy atom. The number of alkyl halides is 3. The zero-order chi connectivity index (χ0) is 13.3. The van der Waals surface area contributed by atoms with Crippen LogP contribution < -0.4 is 5.56 Å². The smallest absolute Gasteiger partial charge is 0.268 e. The monoisotopic (exact) mass is 318 g/mol. The molecule has 1 heterocycles. The number of aromatic amines is 1. The molecule has 0 saturated heterocycles. The predicted octanol–water partition coefficient (Wildman–Crippen LogP) is 3.22. The van der Waals surface area contributed by atoms with E-state index in [1.54, 1.807) is 0 Å². The topological polar surface area (TPSA) is 45.8 Å². The second kappa shape index (κ2) is 4.56. The SMILES string of the molecule is O=c1ccc(-c2cc(C(F)(F)F)ccc2Br)n[nH]1. The molecular weight excluding hydrogens is 313 g/mol. The first-order valence-electron chi connectivity index (χ1n) is 4.81. The third-order valence-corrected chi connectivity index (χ3v) is 2.94. The van der Waals surface area contributed by atoms with Crippen molar-refractivity contribution in [3.05, 3.63) is 50.7 Å². The number of rotatable bonds is 1. The molecule has 0 aliphatic carbocycles. The predicted molar refractivity (Wildman–Crippen MR) is 63.0 cm³/mol. The van der Waals surface area contributed by atoms with E-state index < -0.39 is 17.3 Å². The van der Waals surface area contributed by atoms with Gasteiger partial charge >= 0.3 is 6.18 Å². The van der Waals surface area contributed by atoms with Gasteiger partial charge in [-0.1, -0.05) is 15.9 Å². The number of H-pyrrole nitrogens is 1. The molecule has 0 aliphatic heterocycles. The third kappa shape index (κ3) is 2.61. The molecule has 94 valence electrons. The summed E-state index contributed by atoms with van der Waals surface area (Å²) in [5, 5.41) is 5.87. The van der Waals surface area contributed by atoms with Crippen molar-refractivity contribution in [2.24, 2.45) is 0 Å². The number of hydrogen-bond donors (Lipinski definition) is 1. The zero-order valence-electron chi connectivity index (χ0n) is 8.75. The minimum absolute atomic E-state index is 0.257. The Kier molecular flexibility index (Phi) is 3.25. The van der Waals surface area contributed by atoms with Crippen LogP contribution in [0.3, 0.4) is 0 Å². The highest BCUT2D eigenvalue weighted by Crippen LogP contribution is 2.35. The first-order valence-corrected chi connectivity index (χ1v) is 5.60. The summed E-state index contributed by atoms with van der Waals surface area (Å²) < 4.78 is 38.2. The molecule has 0 spiro atoms. The van der Waals surface area contributed by atoms with E-state index in [2.05, 4.69) is 26.1 Å². The van der Waals surface area contributed by atoms with Crippen molar-refractivity contribution in [3.8, 4) is 11.3 Å². The van der Waals surface area contributed by atoms with Gasteiger partial charge in [0.25, 0.3) is 5.56 Å². The molecule has 0 radical (unpaired) electrons. The Labute approximate surface area is 108 Å². The molecule has 2 aromatic rings. The van der Waals surface area contributed by atoms with Gasteiger partial charge in [0.15, 0.2) is 0 Å². The van der Waals surface area contributed by atoms with Gasteiger partial charge in [0.1, 0.15) is 0 Å². The van der Waals surface area contributed by atoms with Crippen LogP contribution in [0, 0.1) is 0 Å². The van der Waals surface area contributed by atoms with Crippen LogP contribution in [0.25, 0.3) is 11.3 Å². The molecule has 1 N–H and O–H groups in total. The molecule has 3 nitrogen and oxygen atoms in total. The van der Waals surface area contributed by atoms with Gasteiger partial charge in [-0.15, -0.1) is 0 Å². The lowest BCUT2D eigenvalue weighted by Crippen LogP contribution is -2.07. The summed E-state index contributed by atoms with van der Waals surface area (Å²) >= 11 is 3.15. The summed E-state index contributed by atoms with van der Waals surface area (Å²) in [6.45, 7) is 0. The molecule has 1 aromatic heterocycles. The lowest BCUT2D eigenvalue weighted by molar-refractivity contribution is -0.137. The lowest BCUT2D eigenvalue weighted by atomic mass is 10.1. The van der Waals surface area contributed by atoms with Crippen LogP contribution in [0.5, 0.6) is 0 Å². The van der Waals surface area contributed by atoms with Crippen LogP contribution in [0.4, 0.5) is 13.2 Å². The van der Waals surface area contributed by atoms with Crippen molar-refractivity contribution < 1.29 is 13.2 Å². The molecule has 1 aromatic carbocycles. The highest BCUT2D eigenvalue weighted by molar-refractivity contribution is 9.10. The van der Waals surface area contributed by atoms with Crippen molar-refractivity contribution in [1.82, 2.24) is 10.2 Å². The Morgan fingerprint density at radius 1 is 1.17 bits per heavy atom. The van der Waals surface area contributed by atoms with Gasteiger partial charge in [-0.2, -0.15) is 18.3 Å². The molecule has 0 atom stereocenters. The van der Waals surface area contributed by atoms with E-state index in [0.29, 0.717) is 4.47 Å². The number of nitrogens with one attached hydrogen (secondary N) is 1. The van der Waals surface area contributed by atoms with E-state index in [0.717, 1.165) is 12.1 Å². The normalized spacial score (nSPS) is 11.6. The second-order valence-electron chi connectivity index (χ2n) is 3.50. The van der Waals surface area contributed by atoms with Crippen molar-refractivity contribution in [3.63, 3.8) is 0 Å². The van der Waals surface area contributed by atoms with Gasteiger partial charge in [-0.25, -0.2) is 5.10 Å². The zero-order valence-corrected chi connectivity index (χ0v) is 10.3. The van der Waals surface area contributed by atoms with Crippen molar-refractivity contribution >= 4 is 15.9 Å². The Bertz CT molecular complexity index is 616. The number of benzene rings is 1. The van der Waals surface area contributed by atoms with Crippen LogP contribution in [-0.4, -0.2) is 10.2 Å².